The molecule has 20 heavy (non-hydrogen) atoms. The van der Waals surface area contributed by atoms with Crippen LogP contribution < -0.4 is 5.32 Å². The molecule has 3 heterocycles. The highest BCUT2D eigenvalue weighted by Gasteiger charge is 2.20. The van der Waals surface area contributed by atoms with E-state index < -0.39 is 0 Å². The Morgan fingerprint density at radius 1 is 1.35 bits per heavy atom. The second-order valence-corrected chi connectivity index (χ2v) is 5.58. The molecule has 4 rings (SSSR count). The maximum atomic E-state index is 4.81. The number of dihydropyridines is 1. The first kappa shape index (κ1) is 11.9. The molecule has 0 saturated heterocycles. The molecular weight excluding hydrogens is 248 g/mol. The van der Waals surface area contributed by atoms with Crippen LogP contribution >= 0.6 is 0 Å². The lowest BCUT2D eigenvalue weighted by atomic mass is 10.00. The monoisotopic (exact) mass is 266 g/mol. The smallest absolute Gasteiger partial charge is 0.0932 e. The van der Waals surface area contributed by atoms with E-state index in [4.69, 9.17) is 5.10 Å². The first-order valence-corrected chi connectivity index (χ1v) is 7.22. The molecule has 0 aliphatic carbocycles. The van der Waals surface area contributed by atoms with Gasteiger partial charge in [0.25, 0.3) is 0 Å². The molecule has 1 N–H and O–H groups in total. The third-order valence-electron chi connectivity index (χ3n) is 4.20. The van der Waals surface area contributed by atoms with E-state index in [0.717, 1.165) is 31.6 Å². The fourth-order valence-electron chi connectivity index (χ4n) is 3.10. The van der Waals surface area contributed by atoms with E-state index in [9.17, 15) is 0 Å². The quantitative estimate of drug-likeness (QED) is 0.862. The van der Waals surface area contributed by atoms with Crippen LogP contribution in [0.4, 0.5) is 0 Å². The number of hydrogen-bond acceptors (Lipinski definition) is 3. The summed E-state index contributed by atoms with van der Waals surface area (Å²) in [4.78, 5) is 4.25. The Bertz CT molecular complexity index is 723. The minimum Gasteiger partial charge on any atom is -0.309 e. The molecule has 0 saturated carbocycles. The third kappa shape index (κ3) is 1.79. The number of aromatic nitrogens is 2. The van der Waals surface area contributed by atoms with Crippen LogP contribution in [0.5, 0.6) is 0 Å². The van der Waals surface area contributed by atoms with E-state index in [0.29, 0.717) is 6.04 Å². The summed E-state index contributed by atoms with van der Waals surface area (Å²) in [5.74, 6) is 0. The van der Waals surface area contributed by atoms with Gasteiger partial charge in [0.2, 0.25) is 0 Å². The van der Waals surface area contributed by atoms with Crippen molar-refractivity contribution in [3.05, 3.63) is 35.5 Å². The summed E-state index contributed by atoms with van der Waals surface area (Å²) in [5, 5.41) is 9.54. The number of fused-ring (bicyclic) bond motifs is 3. The van der Waals surface area contributed by atoms with Crippen LogP contribution in [-0.4, -0.2) is 29.1 Å². The van der Waals surface area contributed by atoms with Crippen molar-refractivity contribution in [2.45, 2.75) is 25.9 Å². The van der Waals surface area contributed by atoms with Crippen LogP contribution in [0.25, 0.3) is 16.5 Å². The zero-order valence-electron chi connectivity index (χ0n) is 11.6. The lowest BCUT2D eigenvalue weighted by Crippen LogP contribution is -2.31. The lowest BCUT2D eigenvalue weighted by molar-refractivity contribution is 0.395. The maximum absolute atomic E-state index is 4.81. The number of nitrogens with zero attached hydrogens (tertiary/aromatic N) is 3. The van der Waals surface area contributed by atoms with Crippen molar-refractivity contribution in [2.24, 2.45) is 4.99 Å². The van der Waals surface area contributed by atoms with E-state index in [1.165, 1.54) is 22.2 Å². The standard InChI is InChI=1S/C16H18N4/c1-11-9-18-10-16-14-3-2-13(8-15(14)19-20(11)16)12-4-6-17-7-5-12/h2-4,7-8,11,18H,5-6,9-10H2,1H3/t11-/m1/s1. The van der Waals surface area contributed by atoms with Crippen molar-refractivity contribution < 1.29 is 0 Å². The van der Waals surface area contributed by atoms with Gasteiger partial charge in [-0.25, -0.2) is 0 Å². The first-order valence-electron chi connectivity index (χ1n) is 7.22. The van der Waals surface area contributed by atoms with Gasteiger partial charge in [0.05, 0.1) is 23.8 Å². The van der Waals surface area contributed by atoms with E-state index in [1.807, 2.05) is 6.21 Å². The minimum atomic E-state index is 0.427. The topological polar surface area (TPSA) is 42.2 Å². The Balaban J connectivity index is 1.82. The highest BCUT2D eigenvalue weighted by molar-refractivity contribution is 5.88. The summed E-state index contributed by atoms with van der Waals surface area (Å²) in [6.45, 7) is 4.92. The summed E-state index contributed by atoms with van der Waals surface area (Å²) in [6.07, 6.45) is 5.14. The van der Waals surface area contributed by atoms with Crippen LogP contribution in [0.3, 0.4) is 0 Å². The van der Waals surface area contributed by atoms with Crippen LogP contribution in [-0.2, 0) is 6.54 Å². The maximum Gasteiger partial charge on any atom is 0.0932 e. The Morgan fingerprint density at radius 3 is 3.15 bits per heavy atom. The Kier molecular flexibility index (Phi) is 2.70. The second-order valence-electron chi connectivity index (χ2n) is 5.58. The van der Waals surface area contributed by atoms with E-state index >= 15 is 0 Å². The van der Waals surface area contributed by atoms with Gasteiger partial charge in [-0.15, -0.1) is 0 Å². The summed E-state index contributed by atoms with van der Waals surface area (Å²) in [6, 6.07) is 7.08. The van der Waals surface area contributed by atoms with Gasteiger partial charge in [0, 0.05) is 31.1 Å². The highest BCUT2D eigenvalue weighted by atomic mass is 15.3. The summed E-state index contributed by atoms with van der Waals surface area (Å²) < 4.78 is 2.18. The Hall–Kier alpha value is -1.94. The number of rotatable bonds is 1. The Morgan fingerprint density at radius 2 is 2.30 bits per heavy atom. The molecule has 0 spiro atoms. The van der Waals surface area contributed by atoms with Gasteiger partial charge in [0.15, 0.2) is 0 Å². The summed E-state index contributed by atoms with van der Waals surface area (Å²) in [7, 11) is 0. The van der Waals surface area contributed by atoms with Gasteiger partial charge in [-0.1, -0.05) is 18.2 Å². The SMILES string of the molecule is C[C@@H]1CNCc2c3ccc(C4=CCN=CC4)cc3nn21. The molecule has 102 valence electrons. The molecule has 0 unspecified atom stereocenters. The van der Waals surface area contributed by atoms with Gasteiger partial charge in [-0.3, -0.25) is 9.67 Å². The van der Waals surface area contributed by atoms with Crippen molar-refractivity contribution in [1.29, 1.82) is 0 Å². The zero-order chi connectivity index (χ0) is 13.5. The highest BCUT2D eigenvalue weighted by Crippen LogP contribution is 2.28. The van der Waals surface area contributed by atoms with E-state index in [-0.39, 0.29) is 0 Å². The van der Waals surface area contributed by atoms with Gasteiger partial charge in [-0.05, 0) is 24.1 Å². The summed E-state index contributed by atoms with van der Waals surface area (Å²) >= 11 is 0. The van der Waals surface area contributed by atoms with Crippen LogP contribution in [0.2, 0.25) is 0 Å². The second kappa shape index (κ2) is 4.56. The minimum absolute atomic E-state index is 0.427. The van der Waals surface area contributed by atoms with Crippen molar-refractivity contribution in [1.82, 2.24) is 15.1 Å². The third-order valence-corrected chi connectivity index (χ3v) is 4.20. The predicted octanol–water partition coefficient (Wildman–Crippen LogP) is 2.56. The largest absolute Gasteiger partial charge is 0.309 e. The normalized spacial score (nSPS) is 21.9. The van der Waals surface area contributed by atoms with Gasteiger partial charge in [0.1, 0.15) is 0 Å². The zero-order valence-corrected chi connectivity index (χ0v) is 11.6. The molecule has 1 aromatic heterocycles. The molecular formula is C16H18N4. The molecule has 0 bridgehead atoms. The fraction of sp³-hybridized carbons (Fsp3) is 0.375. The fourth-order valence-corrected chi connectivity index (χ4v) is 3.10. The summed E-state index contributed by atoms with van der Waals surface area (Å²) in [5.41, 5.74) is 5.06. The van der Waals surface area contributed by atoms with Crippen LogP contribution in [0, 0.1) is 0 Å². The first-order chi connectivity index (χ1) is 9.83. The van der Waals surface area contributed by atoms with Crippen LogP contribution in [0.15, 0.2) is 29.3 Å². The van der Waals surface area contributed by atoms with Crippen molar-refractivity contribution in [3.63, 3.8) is 0 Å². The molecule has 1 aromatic carbocycles. The average Bonchev–Trinajstić information content (AvgIpc) is 2.87. The van der Waals surface area contributed by atoms with Crippen molar-refractivity contribution in [3.8, 4) is 0 Å². The molecule has 2 aliphatic heterocycles. The molecule has 4 nitrogen and oxygen atoms in total. The molecule has 2 aliphatic rings. The van der Waals surface area contributed by atoms with Crippen molar-refractivity contribution >= 4 is 22.7 Å². The Labute approximate surface area is 118 Å². The molecule has 2 aromatic rings. The molecule has 0 amide bonds. The average molecular weight is 266 g/mol. The van der Waals surface area contributed by atoms with Crippen LogP contribution in [0.1, 0.15) is 30.6 Å². The molecule has 1 atom stereocenters. The number of aliphatic imine (C=N–C) groups is 1. The lowest BCUT2D eigenvalue weighted by Gasteiger charge is -2.21. The number of benzene rings is 1. The number of nitrogens with one attached hydrogen (secondary N) is 1. The van der Waals surface area contributed by atoms with E-state index in [2.05, 4.69) is 46.2 Å². The molecule has 4 heteroatoms. The van der Waals surface area contributed by atoms with Crippen molar-refractivity contribution in [2.75, 3.05) is 13.1 Å². The number of allylic oxidation sites excluding steroid dienone is 1. The van der Waals surface area contributed by atoms with E-state index in [1.54, 1.807) is 0 Å². The molecule has 0 fully saturated rings. The van der Waals surface area contributed by atoms with Gasteiger partial charge >= 0.3 is 0 Å². The predicted molar refractivity (Wildman–Crippen MR) is 82.1 cm³/mol. The number of hydrogen-bond donors (Lipinski definition) is 1. The van der Waals surface area contributed by atoms with Gasteiger partial charge < -0.3 is 5.32 Å². The molecule has 0 radical (unpaired) electrons. The van der Waals surface area contributed by atoms with Gasteiger partial charge in [-0.2, -0.15) is 5.10 Å².